The predicted octanol–water partition coefficient (Wildman–Crippen LogP) is 0.846. The Hall–Kier alpha value is -1.93. The number of aliphatic carboxylic acids is 1. The second-order valence-corrected chi connectivity index (χ2v) is 8.25. The van der Waals surface area contributed by atoms with Gasteiger partial charge in [-0.25, -0.2) is 8.42 Å². The predicted molar refractivity (Wildman–Crippen MR) is 86.2 cm³/mol. The molecule has 2 N–H and O–H groups in total. The Morgan fingerprint density at radius 1 is 1.33 bits per heavy atom. The first-order valence-electron chi connectivity index (χ1n) is 7.96. The van der Waals surface area contributed by atoms with Gasteiger partial charge in [0.05, 0.1) is 10.8 Å². The smallest absolute Gasteiger partial charge is 0.307 e. The van der Waals surface area contributed by atoms with Crippen LogP contribution in [0.5, 0.6) is 0 Å². The molecule has 1 fully saturated rings. The lowest BCUT2D eigenvalue weighted by Gasteiger charge is -2.35. The number of piperidine rings is 1. The average molecular weight is 352 g/mol. The Balaban J connectivity index is 1.96. The van der Waals surface area contributed by atoms with Crippen LogP contribution < -0.4 is 5.32 Å². The van der Waals surface area contributed by atoms with Crippen LogP contribution in [-0.4, -0.2) is 48.8 Å². The summed E-state index contributed by atoms with van der Waals surface area (Å²) >= 11 is 0. The molecule has 1 aromatic rings. The molecule has 1 amide bonds. The van der Waals surface area contributed by atoms with E-state index in [0.717, 1.165) is 5.56 Å². The molecule has 2 aliphatic heterocycles. The van der Waals surface area contributed by atoms with Crippen molar-refractivity contribution in [3.05, 3.63) is 29.3 Å². The number of amides is 1. The average Bonchev–Trinajstić information content (AvgIpc) is 2.55. The molecule has 1 saturated heterocycles. The Bertz CT molecular complexity index is 790. The van der Waals surface area contributed by atoms with E-state index in [9.17, 15) is 23.1 Å². The maximum Gasteiger partial charge on any atom is 0.307 e. The molecule has 0 aromatic heterocycles. The van der Waals surface area contributed by atoms with Crippen LogP contribution in [-0.2, 0) is 21.2 Å². The SMILES string of the molecule is CC1CCC(C(=O)O)CN1S(=O)(=O)c1ccc2c(c1)C(=O)NCC2. The summed E-state index contributed by atoms with van der Waals surface area (Å²) < 4.78 is 27.2. The number of sulfonamides is 1. The summed E-state index contributed by atoms with van der Waals surface area (Å²) in [5, 5.41) is 11.9. The third-order valence-electron chi connectivity index (χ3n) is 4.79. The Labute approximate surface area is 140 Å². The van der Waals surface area contributed by atoms with Gasteiger partial charge in [0.15, 0.2) is 0 Å². The number of nitrogens with one attached hydrogen (secondary N) is 1. The topological polar surface area (TPSA) is 104 Å². The van der Waals surface area contributed by atoms with Crippen molar-refractivity contribution in [2.75, 3.05) is 13.1 Å². The number of carboxylic acid groups (broad SMARTS) is 1. The molecule has 0 aliphatic carbocycles. The van der Waals surface area contributed by atoms with Crippen molar-refractivity contribution in [1.29, 1.82) is 0 Å². The van der Waals surface area contributed by atoms with E-state index in [2.05, 4.69) is 5.32 Å². The molecular weight excluding hydrogens is 332 g/mol. The highest BCUT2D eigenvalue weighted by Gasteiger charge is 2.37. The second-order valence-electron chi connectivity index (χ2n) is 6.36. The normalized spacial score (nSPS) is 25.0. The first kappa shape index (κ1) is 16.9. The molecule has 130 valence electrons. The summed E-state index contributed by atoms with van der Waals surface area (Å²) in [5.41, 5.74) is 1.20. The van der Waals surface area contributed by atoms with Gasteiger partial charge in [-0.1, -0.05) is 6.07 Å². The zero-order chi connectivity index (χ0) is 17.5. The molecule has 8 heteroatoms. The van der Waals surface area contributed by atoms with Crippen molar-refractivity contribution in [2.45, 2.75) is 37.1 Å². The van der Waals surface area contributed by atoms with Gasteiger partial charge in [0.2, 0.25) is 10.0 Å². The zero-order valence-corrected chi connectivity index (χ0v) is 14.2. The van der Waals surface area contributed by atoms with E-state index in [-0.39, 0.29) is 23.4 Å². The van der Waals surface area contributed by atoms with Crippen LogP contribution in [0.4, 0.5) is 0 Å². The minimum absolute atomic E-state index is 0.0381. The van der Waals surface area contributed by atoms with Gasteiger partial charge in [0.1, 0.15) is 0 Å². The van der Waals surface area contributed by atoms with E-state index in [1.807, 2.05) is 0 Å². The molecule has 0 bridgehead atoms. The quantitative estimate of drug-likeness (QED) is 0.839. The molecule has 7 nitrogen and oxygen atoms in total. The van der Waals surface area contributed by atoms with Gasteiger partial charge in [-0.05, 0) is 43.9 Å². The minimum Gasteiger partial charge on any atom is -0.481 e. The van der Waals surface area contributed by atoms with Crippen LogP contribution in [0.3, 0.4) is 0 Å². The van der Waals surface area contributed by atoms with Gasteiger partial charge in [-0.2, -0.15) is 4.31 Å². The third-order valence-corrected chi connectivity index (χ3v) is 6.76. The number of hydrogen-bond acceptors (Lipinski definition) is 4. The highest BCUT2D eigenvalue weighted by Crippen LogP contribution is 2.29. The lowest BCUT2D eigenvalue weighted by atomic mass is 9.96. The molecule has 1 aromatic carbocycles. The van der Waals surface area contributed by atoms with E-state index in [1.165, 1.54) is 16.4 Å². The van der Waals surface area contributed by atoms with E-state index < -0.39 is 21.9 Å². The first-order valence-corrected chi connectivity index (χ1v) is 9.40. The number of carbonyl (C=O) groups is 2. The van der Waals surface area contributed by atoms with Crippen LogP contribution in [0.2, 0.25) is 0 Å². The molecule has 3 rings (SSSR count). The number of fused-ring (bicyclic) bond motifs is 1. The lowest BCUT2D eigenvalue weighted by molar-refractivity contribution is -0.143. The van der Waals surface area contributed by atoms with Gasteiger partial charge in [-0.15, -0.1) is 0 Å². The number of hydrogen-bond donors (Lipinski definition) is 2. The number of rotatable bonds is 3. The summed E-state index contributed by atoms with van der Waals surface area (Å²) in [6.07, 6.45) is 1.64. The summed E-state index contributed by atoms with van der Waals surface area (Å²) in [5.74, 6) is -1.95. The van der Waals surface area contributed by atoms with Gasteiger partial charge in [-0.3, -0.25) is 9.59 Å². The zero-order valence-electron chi connectivity index (χ0n) is 13.4. The molecule has 2 unspecified atom stereocenters. The number of nitrogens with zero attached hydrogens (tertiary/aromatic N) is 1. The fraction of sp³-hybridized carbons (Fsp3) is 0.500. The summed E-state index contributed by atoms with van der Waals surface area (Å²) in [6.45, 7) is 2.28. The van der Waals surface area contributed by atoms with Crippen molar-refractivity contribution >= 4 is 21.9 Å². The number of benzene rings is 1. The van der Waals surface area contributed by atoms with Crippen molar-refractivity contribution in [3.63, 3.8) is 0 Å². The highest BCUT2D eigenvalue weighted by molar-refractivity contribution is 7.89. The Kier molecular flexibility index (Phi) is 4.35. The fourth-order valence-electron chi connectivity index (χ4n) is 3.30. The van der Waals surface area contributed by atoms with Crippen molar-refractivity contribution in [1.82, 2.24) is 9.62 Å². The Morgan fingerprint density at radius 2 is 2.08 bits per heavy atom. The monoisotopic (exact) mass is 352 g/mol. The van der Waals surface area contributed by atoms with Gasteiger partial charge in [0.25, 0.3) is 5.91 Å². The Morgan fingerprint density at radius 3 is 2.79 bits per heavy atom. The second kappa shape index (κ2) is 6.18. The van der Waals surface area contributed by atoms with E-state index >= 15 is 0 Å². The van der Waals surface area contributed by atoms with Crippen LogP contribution in [0.25, 0.3) is 0 Å². The van der Waals surface area contributed by atoms with Gasteiger partial charge < -0.3 is 10.4 Å². The standard InChI is InChI=1S/C16H20N2O5S/c1-10-2-3-12(16(20)21)9-18(10)24(22,23)13-5-4-11-6-7-17-15(19)14(11)8-13/h4-5,8,10,12H,2-3,6-7,9H2,1H3,(H,17,19)(H,20,21). The molecule has 2 heterocycles. The van der Waals surface area contributed by atoms with Crippen LogP contribution in [0, 0.1) is 5.92 Å². The van der Waals surface area contributed by atoms with Crippen LogP contribution in [0.15, 0.2) is 23.1 Å². The molecule has 2 aliphatic rings. The highest BCUT2D eigenvalue weighted by atomic mass is 32.2. The molecule has 0 radical (unpaired) electrons. The summed E-state index contributed by atoms with van der Waals surface area (Å²) in [6, 6.07) is 4.31. The maximum atomic E-state index is 13.0. The van der Waals surface area contributed by atoms with E-state index in [4.69, 9.17) is 0 Å². The molecule has 0 spiro atoms. The van der Waals surface area contributed by atoms with Crippen molar-refractivity contribution in [2.24, 2.45) is 5.92 Å². The molecule has 2 atom stereocenters. The van der Waals surface area contributed by atoms with Gasteiger partial charge >= 0.3 is 5.97 Å². The molecule has 24 heavy (non-hydrogen) atoms. The number of carbonyl (C=O) groups excluding carboxylic acids is 1. The van der Waals surface area contributed by atoms with Crippen molar-refractivity contribution in [3.8, 4) is 0 Å². The maximum absolute atomic E-state index is 13.0. The first-order chi connectivity index (χ1) is 11.3. The van der Waals surface area contributed by atoms with E-state index in [1.54, 1.807) is 13.0 Å². The van der Waals surface area contributed by atoms with E-state index in [0.29, 0.717) is 31.4 Å². The summed E-state index contributed by atoms with van der Waals surface area (Å²) in [4.78, 5) is 23.2. The molecule has 0 saturated carbocycles. The number of carboxylic acids is 1. The summed E-state index contributed by atoms with van der Waals surface area (Å²) in [7, 11) is -3.84. The lowest BCUT2D eigenvalue weighted by Crippen LogP contribution is -2.47. The van der Waals surface area contributed by atoms with Gasteiger partial charge in [0, 0.05) is 24.7 Å². The fourth-order valence-corrected chi connectivity index (χ4v) is 5.03. The molecular formula is C16H20N2O5S. The van der Waals surface area contributed by atoms with Crippen molar-refractivity contribution < 1.29 is 23.1 Å². The third kappa shape index (κ3) is 2.91. The minimum atomic E-state index is -3.84. The van der Waals surface area contributed by atoms with Crippen LogP contribution in [0.1, 0.15) is 35.7 Å². The largest absolute Gasteiger partial charge is 0.481 e. The van der Waals surface area contributed by atoms with Crippen LogP contribution >= 0.6 is 0 Å².